The lowest BCUT2D eigenvalue weighted by Crippen LogP contribution is -2.38. The van der Waals surface area contributed by atoms with Gasteiger partial charge in [0.15, 0.2) is 0 Å². The second-order valence-corrected chi connectivity index (χ2v) is 5.72. The van der Waals surface area contributed by atoms with Crippen LogP contribution in [0.25, 0.3) is 0 Å². The molecule has 4 nitrogen and oxygen atoms in total. The van der Waals surface area contributed by atoms with Crippen LogP contribution in [0.1, 0.15) is 23.2 Å². The SMILES string of the molecule is Cc1cnc(C2CN(Cc3ccc(Cl)cc3F)CCO2)[nH]1. The maximum Gasteiger partial charge on any atom is 0.136 e. The number of halogens is 2. The van der Waals surface area contributed by atoms with E-state index in [1.165, 1.54) is 6.07 Å². The first-order chi connectivity index (χ1) is 10.1. The van der Waals surface area contributed by atoms with E-state index in [-0.39, 0.29) is 11.9 Å². The molecule has 112 valence electrons. The van der Waals surface area contributed by atoms with Gasteiger partial charge in [-0.3, -0.25) is 4.90 Å². The summed E-state index contributed by atoms with van der Waals surface area (Å²) < 4.78 is 19.6. The van der Waals surface area contributed by atoms with E-state index in [2.05, 4.69) is 14.9 Å². The zero-order chi connectivity index (χ0) is 14.8. The van der Waals surface area contributed by atoms with Crippen LogP contribution < -0.4 is 0 Å². The van der Waals surface area contributed by atoms with Crippen LogP contribution in [-0.4, -0.2) is 34.6 Å². The molecular formula is C15H17ClFN3O. The van der Waals surface area contributed by atoms with E-state index >= 15 is 0 Å². The summed E-state index contributed by atoms with van der Waals surface area (Å²) >= 11 is 5.78. The number of hydrogen-bond donors (Lipinski definition) is 1. The van der Waals surface area contributed by atoms with Gasteiger partial charge in [-0.1, -0.05) is 17.7 Å². The lowest BCUT2D eigenvalue weighted by Gasteiger charge is -2.32. The van der Waals surface area contributed by atoms with E-state index < -0.39 is 0 Å². The number of rotatable bonds is 3. The highest BCUT2D eigenvalue weighted by atomic mass is 35.5. The number of aromatic amines is 1. The summed E-state index contributed by atoms with van der Waals surface area (Å²) in [6.07, 6.45) is 1.69. The maximum absolute atomic E-state index is 13.9. The summed E-state index contributed by atoms with van der Waals surface area (Å²) in [4.78, 5) is 9.67. The Morgan fingerprint density at radius 3 is 3.10 bits per heavy atom. The largest absolute Gasteiger partial charge is 0.368 e. The van der Waals surface area contributed by atoms with Gasteiger partial charge in [0.1, 0.15) is 17.7 Å². The molecule has 0 saturated carbocycles. The van der Waals surface area contributed by atoms with Crippen molar-refractivity contribution in [3.8, 4) is 0 Å². The fourth-order valence-corrected chi connectivity index (χ4v) is 2.66. The molecule has 0 aliphatic carbocycles. The molecule has 0 spiro atoms. The molecule has 1 aromatic carbocycles. The van der Waals surface area contributed by atoms with E-state index in [4.69, 9.17) is 16.3 Å². The minimum atomic E-state index is -0.264. The Labute approximate surface area is 127 Å². The number of imidazole rings is 1. The van der Waals surface area contributed by atoms with Crippen molar-refractivity contribution in [2.45, 2.75) is 19.6 Å². The standard InChI is InChI=1S/C15H17ClFN3O/c1-10-7-18-15(19-10)14-9-20(4-5-21-14)8-11-2-3-12(16)6-13(11)17/h2-3,6-7,14H,4-5,8-9H2,1H3,(H,18,19). The molecule has 2 aromatic rings. The first kappa shape index (κ1) is 14.5. The van der Waals surface area contributed by atoms with E-state index in [1.54, 1.807) is 18.3 Å². The molecule has 21 heavy (non-hydrogen) atoms. The van der Waals surface area contributed by atoms with Crippen LogP contribution in [0, 0.1) is 12.7 Å². The van der Waals surface area contributed by atoms with Crippen LogP contribution in [0.3, 0.4) is 0 Å². The fourth-order valence-electron chi connectivity index (χ4n) is 2.50. The molecule has 1 unspecified atom stereocenters. The number of nitrogens with zero attached hydrogens (tertiary/aromatic N) is 2. The minimum Gasteiger partial charge on any atom is -0.368 e. The summed E-state index contributed by atoms with van der Waals surface area (Å²) in [5, 5.41) is 0.419. The predicted molar refractivity (Wildman–Crippen MR) is 78.7 cm³/mol. The number of H-pyrrole nitrogens is 1. The molecule has 1 N–H and O–H groups in total. The molecule has 0 amide bonds. The van der Waals surface area contributed by atoms with Crippen LogP contribution in [0.5, 0.6) is 0 Å². The molecule has 6 heteroatoms. The van der Waals surface area contributed by atoms with E-state index in [9.17, 15) is 4.39 Å². The third-order valence-electron chi connectivity index (χ3n) is 3.59. The van der Waals surface area contributed by atoms with Crippen molar-refractivity contribution in [1.29, 1.82) is 0 Å². The van der Waals surface area contributed by atoms with Gasteiger partial charge < -0.3 is 9.72 Å². The highest BCUT2D eigenvalue weighted by Gasteiger charge is 2.24. The molecule has 1 atom stereocenters. The summed E-state index contributed by atoms with van der Waals surface area (Å²) in [5.74, 6) is 0.563. The first-order valence-corrected chi connectivity index (χ1v) is 7.29. The van der Waals surface area contributed by atoms with E-state index in [1.807, 2.05) is 6.92 Å². The molecule has 1 aromatic heterocycles. The van der Waals surface area contributed by atoms with Crippen molar-refractivity contribution in [2.75, 3.05) is 19.7 Å². The molecule has 0 bridgehead atoms. The molecule has 1 saturated heterocycles. The molecule has 1 fully saturated rings. The van der Waals surface area contributed by atoms with Gasteiger partial charge in [0.25, 0.3) is 0 Å². The summed E-state index contributed by atoms with van der Waals surface area (Å²) in [7, 11) is 0. The number of aromatic nitrogens is 2. The fraction of sp³-hybridized carbons (Fsp3) is 0.400. The number of aryl methyl sites for hydroxylation is 1. The second kappa shape index (κ2) is 6.13. The lowest BCUT2D eigenvalue weighted by atomic mass is 10.1. The molecule has 3 rings (SSSR count). The topological polar surface area (TPSA) is 41.2 Å². The molecular weight excluding hydrogens is 293 g/mol. The average molecular weight is 310 g/mol. The van der Waals surface area contributed by atoms with Crippen LogP contribution in [0.15, 0.2) is 24.4 Å². The van der Waals surface area contributed by atoms with Gasteiger partial charge in [-0.2, -0.15) is 0 Å². The Kier molecular flexibility index (Phi) is 4.24. The summed E-state index contributed by atoms with van der Waals surface area (Å²) in [5.41, 5.74) is 1.66. The van der Waals surface area contributed by atoms with Crippen molar-refractivity contribution in [3.05, 3.63) is 52.3 Å². The Morgan fingerprint density at radius 2 is 2.38 bits per heavy atom. The van der Waals surface area contributed by atoms with Gasteiger partial charge in [0.05, 0.1) is 6.61 Å². The number of morpholine rings is 1. The van der Waals surface area contributed by atoms with Crippen LogP contribution in [-0.2, 0) is 11.3 Å². The van der Waals surface area contributed by atoms with Crippen molar-refractivity contribution >= 4 is 11.6 Å². The molecule has 2 heterocycles. The Morgan fingerprint density at radius 1 is 1.52 bits per heavy atom. The van der Waals surface area contributed by atoms with Gasteiger partial charge in [0.2, 0.25) is 0 Å². The number of hydrogen-bond acceptors (Lipinski definition) is 3. The summed E-state index contributed by atoms with van der Waals surface area (Å²) in [6, 6.07) is 4.80. The van der Waals surface area contributed by atoms with Gasteiger partial charge in [0, 0.05) is 42.1 Å². The van der Waals surface area contributed by atoms with E-state index in [0.29, 0.717) is 30.3 Å². The van der Waals surface area contributed by atoms with Crippen LogP contribution >= 0.6 is 11.6 Å². The van der Waals surface area contributed by atoms with E-state index in [0.717, 1.165) is 18.1 Å². The Hall–Kier alpha value is -1.43. The third kappa shape index (κ3) is 3.43. The summed E-state index contributed by atoms with van der Waals surface area (Å²) in [6.45, 7) is 4.58. The lowest BCUT2D eigenvalue weighted by molar-refractivity contribution is -0.0371. The Bertz CT molecular complexity index is 631. The van der Waals surface area contributed by atoms with Gasteiger partial charge in [-0.05, 0) is 19.1 Å². The third-order valence-corrected chi connectivity index (χ3v) is 3.82. The molecule has 1 aliphatic rings. The smallest absolute Gasteiger partial charge is 0.136 e. The first-order valence-electron chi connectivity index (χ1n) is 6.91. The van der Waals surface area contributed by atoms with Crippen molar-refractivity contribution in [3.63, 3.8) is 0 Å². The number of nitrogens with one attached hydrogen (secondary N) is 1. The maximum atomic E-state index is 13.9. The van der Waals surface area contributed by atoms with Crippen LogP contribution in [0.2, 0.25) is 5.02 Å². The average Bonchev–Trinajstić information content (AvgIpc) is 2.89. The van der Waals surface area contributed by atoms with Crippen molar-refractivity contribution in [2.24, 2.45) is 0 Å². The number of benzene rings is 1. The molecule has 0 radical (unpaired) electrons. The zero-order valence-electron chi connectivity index (χ0n) is 11.8. The highest BCUT2D eigenvalue weighted by molar-refractivity contribution is 6.30. The normalized spacial score (nSPS) is 19.9. The minimum absolute atomic E-state index is 0.0946. The molecule has 1 aliphatic heterocycles. The van der Waals surface area contributed by atoms with Gasteiger partial charge >= 0.3 is 0 Å². The Balaban J connectivity index is 1.68. The highest BCUT2D eigenvalue weighted by Crippen LogP contribution is 2.22. The van der Waals surface area contributed by atoms with Gasteiger partial charge in [-0.15, -0.1) is 0 Å². The zero-order valence-corrected chi connectivity index (χ0v) is 12.5. The quantitative estimate of drug-likeness (QED) is 0.947. The number of ether oxygens (including phenoxy) is 1. The predicted octanol–water partition coefficient (Wildman–Crippen LogP) is 3.08. The van der Waals surface area contributed by atoms with Gasteiger partial charge in [-0.25, -0.2) is 9.37 Å². The van der Waals surface area contributed by atoms with Crippen LogP contribution in [0.4, 0.5) is 4.39 Å². The van der Waals surface area contributed by atoms with Crippen molar-refractivity contribution in [1.82, 2.24) is 14.9 Å². The second-order valence-electron chi connectivity index (χ2n) is 5.28. The monoisotopic (exact) mass is 309 g/mol. The van der Waals surface area contributed by atoms with Crippen molar-refractivity contribution < 1.29 is 9.13 Å².